The number of amides is 1. The van der Waals surface area contributed by atoms with Crippen LogP contribution in [0.4, 0.5) is 16.5 Å². The molecule has 0 radical (unpaired) electrons. The third-order valence-electron chi connectivity index (χ3n) is 6.26. The first-order valence-electron chi connectivity index (χ1n) is 13.5. The highest BCUT2D eigenvalue weighted by molar-refractivity contribution is 9.10. The number of nitrogens with one attached hydrogen (secondary N) is 2. The molecule has 0 aliphatic heterocycles. The molecular weight excluding hydrogens is 682 g/mol. The van der Waals surface area contributed by atoms with Crippen molar-refractivity contribution >= 4 is 67.5 Å². The van der Waals surface area contributed by atoms with Crippen molar-refractivity contribution in [2.24, 2.45) is 5.10 Å². The van der Waals surface area contributed by atoms with E-state index in [-0.39, 0.29) is 18.2 Å². The zero-order valence-electron chi connectivity index (χ0n) is 23.7. The molecule has 4 aromatic carbocycles. The smallest absolute Gasteiger partial charge is 0.271 e. The first-order valence-corrected chi connectivity index (χ1v) is 15.6. The highest BCUT2D eigenvalue weighted by Crippen LogP contribution is 2.37. The molecule has 0 fully saturated rings. The molecule has 10 nitrogen and oxygen atoms in total. The number of nitro groups is 1. The van der Waals surface area contributed by atoms with Gasteiger partial charge in [-0.15, -0.1) is 11.3 Å². The van der Waals surface area contributed by atoms with Crippen LogP contribution in [0.2, 0.25) is 5.02 Å². The lowest BCUT2D eigenvalue weighted by Crippen LogP contribution is -2.17. The minimum Gasteiger partial charge on any atom is -0.490 e. The molecule has 0 atom stereocenters. The van der Waals surface area contributed by atoms with Gasteiger partial charge in [-0.1, -0.05) is 35.9 Å². The number of ether oxygens (including phenoxy) is 2. The molecule has 0 bridgehead atoms. The van der Waals surface area contributed by atoms with Gasteiger partial charge in [0.15, 0.2) is 16.6 Å². The summed E-state index contributed by atoms with van der Waals surface area (Å²) < 4.78 is 12.3. The van der Waals surface area contributed by atoms with E-state index in [1.54, 1.807) is 36.4 Å². The Labute approximate surface area is 276 Å². The number of carbonyl (C=O) groups excluding carboxylic acids is 1. The fourth-order valence-electron chi connectivity index (χ4n) is 4.12. The van der Waals surface area contributed by atoms with Gasteiger partial charge in [-0.25, -0.2) is 10.4 Å². The second kappa shape index (κ2) is 14.8. The molecule has 45 heavy (non-hydrogen) atoms. The van der Waals surface area contributed by atoms with Gasteiger partial charge in [-0.05, 0) is 82.5 Å². The number of anilines is 2. The zero-order valence-corrected chi connectivity index (χ0v) is 26.9. The lowest BCUT2D eigenvalue weighted by molar-refractivity contribution is -0.384. The summed E-state index contributed by atoms with van der Waals surface area (Å²) in [5, 5.41) is 21.8. The molecule has 0 saturated heterocycles. The normalized spacial score (nSPS) is 10.9. The van der Waals surface area contributed by atoms with Crippen LogP contribution in [0.25, 0.3) is 11.3 Å². The molecule has 0 aliphatic rings. The fraction of sp³-hybridized carbons (Fsp3) is 0.0938. The number of hydrogen-bond acceptors (Lipinski definition) is 9. The third-order valence-corrected chi connectivity index (χ3v) is 7.86. The molecular formula is C32H25BrClN5O5S. The minimum absolute atomic E-state index is 0.0124. The third kappa shape index (κ3) is 8.44. The Kier molecular flexibility index (Phi) is 10.4. The Morgan fingerprint density at radius 1 is 1.09 bits per heavy atom. The van der Waals surface area contributed by atoms with Crippen molar-refractivity contribution < 1.29 is 19.2 Å². The van der Waals surface area contributed by atoms with E-state index >= 15 is 0 Å². The predicted octanol–water partition coefficient (Wildman–Crippen LogP) is 8.62. The minimum atomic E-state index is -0.451. The Morgan fingerprint density at radius 2 is 1.87 bits per heavy atom. The van der Waals surface area contributed by atoms with E-state index in [2.05, 4.69) is 36.8 Å². The van der Waals surface area contributed by atoms with E-state index in [1.807, 2.05) is 48.7 Å². The number of nitrogens with zero attached hydrogens (tertiary/aromatic N) is 3. The van der Waals surface area contributed by atoms with Crippen molar-refractivity contribution in [2.75, 3.05) is 11.9 Å². The van der Waals surface area contributed by atoms with Crippen LogP contribution in [-0.4, -0.2) is 28.6 Å². The molecule has 1 heterocycles. The number of thiazole rings is 1. The SMILES string of the molecule is CCOc1cc(/C=N\NC(=O)c2ccc(-c3csc(Nc4ccc(Cl)cc4)n3)cc2)cc(Br)c1OCc1cccc([N+](=O)[O-])c1. The van der Waals surface area contributed by atoms with Gasteiger partial charge < -0.3 is 14.8 Å². The maximum absolute atomic E-state index is 12.7. The predicted molar refractivity (Wildman–Crippen MR) is 180 cm³/mol. The van der Waals surface area contributed by atoms with E-state index < -0.39 is 4.92 Å². The first kappa shape index (κ1) is 31.6. The second-order valence-corrected chi connectivity index (χ2v) is 11.6. The van der Waals surface area contributed by atoms with Crippen molar-refractivity contribution in [3.63, 3.8) is 0 Å². The Bertz CT molecular complexity index is 1850. The Hall–Kier alpha value is -4.78. The molecule has 13 heteroatoms. The van der Waals surface area contributed by atoms with Crippen LogP contribution < -0.4 is 20.2 Å². The summed E-state index contributed by atoms with van der Waals surface area (Å²) in [6, 6.07) is 24.2. The molecule has 0 aliphatic carbocycles. The quantitative estimate of drug-likeness (QED) is 0.0755. The molecule has 2 N–H and O–H groups in total. The Balaban J connectivity index is 1.20. The zero-order chi connectivity index (χ0) is 31.8. The molecule has 0 spiro atoms. The Morgan fingerprint density at radius 3 is 2.60 bits per heavy atom. The van der Waals surface area contributed by atoms with E-state index in [0.717, 1.165) is 22.1 Å². The number of halogens is 2. The van der Waals surface area contributed by atoms with E-state index in [9.17, 15) is 14.9 Å². The summed E-state index contributed by atoms with van der Waals surface area (Å²) >= 11 is 10.9. The number of aromatic nitrogens is 1. The van der Waals surface area contributed by atoms with Crippen molar-refractivity contribution in [1.82, 2.24) is 10.4 Å². The lowest BCUT2D eigenvalue weighted by atomic mass is 10.1. The van der Waals surface area contributed by atoms with Gasteiger partial charge in [0.2, 0.25) is 0 Å². The average Bonchev–Trinajstić information content (AvgIpc) is 3.50. The molecule has 5 rings (SSSR count). The van der Waals surface area contributed by atoms with Crippen LogP contribution in [0.5, 0.6) is 11.5 Å². The summed E-state index contributed by atoms with van der Waals surface area (Å²) in [5.41, 5.74) is 6.80. The van der Waals surface area contributed by atoms with E-state index in [0.29, 0.717) is 44.3 Å². The standard InChI is InChI=1S/C32H25BrClN5O5S/c1-2-43-29-16-21(15-27(33)30(29)44-18-20-4-3-5-26(14-20)39(41)42)17-35-38-31(40)23-8-6-22(7-9-23)28-19-45-32(37-28)36-25-12-10-24(34)11-13-25/h3-17,19H,2,18H2,1H3,(H,36,37)(H,38,40)/b35-17-. The molecule has 1 amide bonds. The van der Waals surface area contributed by atoms with Crippen LogP contribution in [-0.2, 0) is 6.61 Å². The van der Waals surface area contributed by atoms with Crippen LogP contribution in [0.15, 0.2) is 99.9 Å². The summed E-state index contributed by atoms with van der Waals surface area (Å²) in [6.45, 7) is 2.33. The number of rotatable bonds is 12. The van der Waals surface area contributed by atoms with Gasteiger partial charge in [-0.2, -0.15) is 5.10 Å². The number of carbonyl (C=O) groups is 1. The summed E-state index contributed by atoms with van der Waals surface area (Å²) in [5.74, 6) is 0.522. The van der Waals surface area contributed by atoms with Crippen molar-refractivity contribution in [3.8, 4) is 22.8 Å². The lowest BCUT2D eigenvalue weighted by Gasteiger charge is -2.14. The maximum atomic E-state index is 12.7. The van der Waals surface area contributed by atoms with Crippen molar-refractivity contribution in [3.05, 3.63) is 127 Å². The first-order chi connectivity index (χ1) is 21.8. The largest absolute Gasteiger partial charge is 0.490 e. The van der Waals surface area contributed by atoms with Gasteiger partial charge >= 0.3 is 0 Å². The number of benzene rings is 4. The highest BCUT2D eigenvalue weighted by Gasteiger charge is 2.14. The number of hydrogen-bond donors (Lipinski definition) is 2. The van der Waals surface area contributed by atoms with Gasteiger partial charge in [0.25, 0.3) is 11.6 Å². The molecule has 5 aromatic rings. The van der Waals surface area contributed by atoms with Gasteiger partial charge in [0, 0.05) is 39.3 Å². The van der Waals surface area contributed by atoms with Crippen LogP contribution >= 0.6 is 38.9 Å². The van der Waals surface area contributed by atoms with Gasteiger partial charge in [0.1, 0.15) is 6.61 Å². The summed E-state index contributed by atoms with van der Waals surface area (Å²) in [6.07, 6.45) is 1.49. The van der Waals surface area contributed by atoms with E-state index in [4.69, 9.17) is 21.1 Å². The second-order valence-electron chi connectivity index (χ2n) is 9.42. The van der Waals surface area contributed by atoms with Crippen LogP contribution in [0.3, 0.4) is 0 Å². The number of nitro benzene ring substituents is 1. The average molecular weight is 707 g/mol. The molecule has 1 aromatic heterocycles. The summed E-state index contributed by atoms with van der Waals surface area (Å²) in [7, 11) is 0. The maximum Gasteiger partial charge on any atom is 0.271 e. The number of hydrazone groups is 1. The number of non-ortho nitro benzene ring substituents is 1. The molecule has 0 saturated carbocycles. The fourth-order valence-corrected chi connectivity index (χ4v) is 5.56. The molecule has 0 unspecified atom stereocenters. The van der Waals surface area contributed by atoms with Crippen molar-refractivity contribution in [1.29, 1.82) is 0 Å². The van der Waals surface area contributed by atoms with Gasteiger partial charge in [0.05, 0.1) is 27.9 Å². The van der Waals surface area contributed by atoms with E-state index in [1.165, 1.54) is 29.7 Å². The highest BCUT2D eigenvalue weighted by atomic mass is 79.9. The monoisotopic (exact) mass is 705 g/mol. The van der Waals surface area contributed by atoms with Crippen molar-refractivity contribution in [2.45, 2.75) is 13.5 Å². The molecule has 228 valence electrons. The van der Waals surface area contributed by atoms with Crippen LogP contribution in [0, 0.1) is 10.1 Å². The topological polar surface area (TPSA) is 128 Å². The summed E-state index contributed by atoms with van der Waals surface area (Å²) in [4.78, 5) is 28.0. The van der Waals surface area contributed by atoms with Gasteiger partial charge in [-0.3, -0.25) is 14.9 Å². The van der Waals surface area contributed by atoms with Crippen LogP contribution in [0.1, 0.15) is 28.4 Å².